The van der Waals surface area contributed by atoms with Gasteiger partial charge in [-0.05, 0) is 63.2 Å². The van der Waals surface area contributed by atoms with Crippen molar-refractivity contribution < 1.29 is 9.90 Å². The number of β-amino-alcohol motifs (C(OH)–C–C–N with tert-alkyl or cyclic N) is 1. The zero-order valence-corrected chi connectivity index (χ0v) is 20.0. The molecule has 0 bridgehead atoms. The second kappa shape index (κ2) is 12.3. The number of piperidine rings is 1. The van der Waals surface area contributed by atoms with Crippen molar-refractivity contribution in [2.45, 2.75) is 32.3 Å². The van der Waals surface area contributed by atoms with Gasteiger partial charge >= 0.3 is 0 Å². The lowest BCUT2D eigenvalue weighted by Crippen LogP contribution is -2.42. The van der Waals surface area contributed by atoms with Crippen LogP contribution in [0, 0.1) is 24.2 Å². The Morgan fingerprint density at radius 2 is 2.00 bits per heavy atom. The smallest absolute Gasteiger partial charge is 0.251 e. The van der Waals surface area contributed by atoms with Crippen LogP contribution in [-0.4, -0.2) is 53.2 Å². The van der Waals surface area contributed by atoms with Crippen molar-refractivity contribution in [1.82, 2.24) is 15.2 Å². The third-order valence-electron chi connectivity index (χ3n) is 5.54. The summed E-state index contributed by atoms with van der Waals surface area (Å²) in [6.45, 7) is 4.54. The summed E-state index contributed by atoms with van der Waals surface area (Å²) < 4.78 is 0. The highest BCUT2D eigenvalue weighted by atomic mass is 35.5. The van der Waals surface area contributed by atoms with Crippen LogP contribution in [0.15, 0.2) is 35.5 Å². The Morgan fingerprint density at radius 3 is 2.65 bits per heavy atom. The lowest BCUT2D eigenvalue weighted by molar-refractivity contribution is 0.0831. The number of hydrogen-bond donors (Lipinski definition) is 3. The van der Waals surface area contributed by atoms with Crippen LogP contribution >= 0.6 is 11.6 Å². The van der Waals surface area contributed by atoms with E-state index in [0.717, 1.165) is 25.9 Å². The normalized spacial score (nSPS) is 15.1. The highest BCUT2D eigenvalue weighted by Crippen LogP contribution is 2.22. The number of nitrogens with one attached hydrogen (secondary N) is 1. The molecule has 6 nitrogen and oxygen atoms in total. The number of carbonyl (C=O) groups is 1. The Morgan fingerprint density at radius 1 is 1.29 bits per heavy atom. The van der Waals surface area contributed by atoms with E-state index in [1.54, 1.807) is 37.3 Å². The largest absolute Gasteiger partial charge is 0.390 e. The summed E-state index contributed by atoms with van der Waals surface area (Å²) in [5.41, 5.74) is 8.92. The van der Waals surface area contributed by atoms with Crippen molar-refractivity contribution in [3.63, 3.8) is 0 Å². The molecule has 0 spiro atoms. The molecular formula is C27H29ClN4O2. The first kappa shape index (κ1) is 25.3. The number of nitrogens with two attached hydrogens (primary N) is 1. The minimum atomic E-state index is -0.593. The molecule has 0 aliphatic carbocycles. The second-order valence-electron chi connectivity index (χ2n) is 8.27. The molecule has 34 heavy (non-hydrogen) atoms. The number of carbonyl (C=O) groups excluding carboxylic acids is 1. The van der Waals surface area contributed by atoms with E-state index in [4.69, 9.17) is 23.8 Å². The summed E-state index contributed by atoms with van der Waals surface area (Å²) in [4.78, 5) is 18.8. The average molecular weight is 477 g/mol. The predicted octanol–water partition coefficient (Wildman–Crippen LogP) is 3.22. The number of amides is 1. The topological polar surface area (TPSA) is 91.5 Å². The molecule has 3 rings (SSSR count). The monoisotopic (exact) mass is 476 g/mol. The van der Waals surface area contributed by atoms with E-state index in [0.29, 0.717) is 39.4 Å². The first-order valence-corrected chi connectivity index (χ1v) is 11.6. The molecule has 0 radical (unpaired) electrons. The van der Waals surface area contributed by atoms with Gasteiger partial charge in [0.15, 0.2) is 0 Å². The molecule has 1 atom stereocenters. The summed E-state index contributed by atoms with van der Waals surface area (Å²) in [7, 11) is 0. The molecule has 1 fully saturated rings. The molecule has 1 aliphatic heterocycles. The van der Waals surface area contributed by atoms with E-state index in [-0.39, 0.29) is 18.3 Å². The maximum atomic E-state index is 12.5. The first-order chi connectivity index (χ1) is 16.4. The number of benzene rings is 1. The lowest BCUT2D eigenvalue weighted by atomic mass is 10.0. The van der Waals surface area contributed by atoms with E-state index in [2.05, 4.69) is 33.0 Å². The van der Waals surface area contributed by atoms with Gasteiger partial charge < -0.3 is 21.1 Å². The van der Waals surface area contributed by atoms with Crippen LogP contribution in [0.4, 0.5) is 5.82 Å². The fourth-order valence-corrected chi connectivity index (χ4v) is 3.90. The number of halogens is 1. The van der Waals surface area contributed by atoms with Crippen LogP contribution in [0.5, 0.6) is 0 Å². The van der Waals surface area contributed by atoms with Gasteiger partial charge in [-0.1, -0.05) is 35.8 Å². The number of nitrogen functional groups attached to an aromatic ring is 1. The number of nitrogens with zero attached hydrogens (tertiary/aromatic N) is 2. The molecule has 2 heterocycles. The molecule has 1 saturated heterocycles. The van der Waals surface area contributed by atoms with Crippen molar-refractivity contribution in [1.29, 1.82) is 0 Å². The summed E-state index contributed by atoms with van der Waals surface area (Å²) in [6.07, 6.45) is 11.8. The quantitative estimate of drug-likeness (QED) is 0.557. The van der Waals surface area contributed by atoms with E-state index in [1.807, 2.05) is 0 Å². The van der Waals surface area contributed by atoms with Crippen LogP contribution in [0.2, 0.25) is 0 Å². The van der Waals surface area contributed by atoms with Gasteiger partial charge in [0.1, 0.15) is 5.82 Å². The molecular weight excluding hydrogens is 448 g/mol. The number of aromatic nitrogens is 1. The minimum Gasteiger partial charge on any atom is -0.390 e. The molecule has 0 saturated carbocycles. The van der Waals surface area contributed by atoms with Gasteiger partial charge in [-0.25, -0.2) is 4.98 Å². The number of hydrogen-bond acceptors (Lipinski definition) is 5. The van der Waals surface area contributed by atoms with Crippen molar-refractivity contribution >= 4 is 29.4 Å². The molecule has 1 aromatic carbocycles. The molecule has 1 unspecified atom stereocenters. The van der Waals surface area contributed by atoms with Crippen molar-refractivity contribution in [2.24, 2.45) is 0 Å². The third kappa shape index (κ3) is 7.10. The summed E-state index contributed by atoms with van der Waals surface area (Å²) in [5.74, 6) is 8.67. The number of allylic oxidation sites excluding steroid dienone is 1. The molecule has 4 N–H and O–H groups in total. The van der Waals surface area contributed by atoms with Crippen LogP contribution in [-0.2, 0) is 0 Å². The van der Waals surface area contributed by atoms with Gasteiger partial charge in [0, 0.05) is 41.0 Å². The van der Waals surface area contributed by atoms with Crippen LogP contribution < -0.4 is 11.1 Å². The van der Waals surface area contributed by atoms with E-state index < -0.39 is 6.10 Å². The number of likely N-dealkylation sites (tertiary alicyclic amines) is 1. The van der Waals surface area contributed by atoms with Crippen LogP contribution in [0.3, 0.4) is 0 Å². The fourth-order valence-electron chi connectivity index (χ4n) is 3.79. The Kier molecular flexibility index (Phi) is 9.13. The maximum absolute atomic E-state index is 12.5. The van der Waals surface area contributed by atoms with Gasteiger partial charge in [-0.3, -0.25) is 4.79 Å². The van der Waals surface area contributed by atoms with Crippen LogP contribution in [0.25, 0.3) is 6.08 Å². The molecule has 1 amide bonds. The molecule has 176 valence electrons. The predicted molar refractivity (Wildman–Crippen MR) is 137 cm³/mol. The minimum absolute atomic E-state index is 0.213. The van der Waals surface area contributed by atoms with E-state index >= 15 is 0 Å². The zero-order chi connectivity index (χ0) is 24.5. The number of terminal acetylenes is 1. The number of aliphatic hydroxyl groups is 1. The van der Waals surface area contributed by atoms with Crippen molar-refractivity contribution in [3.05, 3.63) is 63.3 Å². The summed E-state index contributed by atoms with van der Waals surface area (Å²) in [5, 5.41) is 13.6. The fraction of sp³-hybridized carbons (Fsp3) is 0.333. The number of pyridine rings is 1. The second-order valence-corrected chi connectivity index (χ2v) is 8.87. The first-order valence-electron chi connectivity index (χ1n) is 11.3. The Hall–Kier alpha value is -3.29. The number of anilines is 1. The molecule has 7 heteroatoms. The Balaban J connectivity index is 1.65. The molecule has 2 aromatic rings. The van der Waals surface area contributed by atoms with Crippen molar-refractivity contribution in [3.8, 4) is 24.2 Å². The van der Waals surface area contributed by atoms with Gasteiger partial charge in [0.25, 0.3) is 5.91 Å². The Labute approximate surface area is 206 Å². The van der Waals surface area contributed by atoms with Crippen molar-refractivity contribution in [2.75, 3.05) is 31.9 Å². The molecule has 1 aliphatic rings. The van der Waals surface area contributed by atoms with Gasteiger partial charge in [-0.15, -0.1) is 6.42 Å². The van der Waals surface area contributed by atoms with E-state index in [9.17, 15) is 9.90 Å². The summed E-state index contributed by atoms with van der Waals surface area (Å²) >= 11 is 6.05. The SMILES string of the molecule is C#Cc1cnc(N)c(C#Cc2ccc(C(=O)NCC(O)CN3CCCCC3)cc2)c1/C=C(\C)Cl. The standard InChI is InChI=1S/C27H29ClN4O2/c1-3-21-16-30-26(29)24(25(21)15-19(2)28)12-9-20-7-10-22(11-8-20)27(34)31-17-23(33)18-32-13-5-4-6-14-32/h1,7-8,10-11,15-16,23,33H,4-6,13-14,17-18H2,2H3,(H2,29,30)(H,31,34)/b19-15+. The number of rotatable bonds is 6. The lowest BCUT2D eigenvalue weighted by Gasteiger charge is -2.28. The highest BCUT2D eigenvalue weighted by molar-refractivity contribution is 6.31. The van der Waals surface area contributed by atoms with Gasteiger partial charge in [-0.2, -0.15) is 0 Å². The van der Waals surface area contributed by atoms with Gasteiger partial charge in [0.2, 0.25) is 0 Å². The third-order valence-corrected chi connectivity index (χ3v) is 5.65. The highest BCUT2D eigenvalue weighted by Gasteiger charge is 2.15. The van der Waals surface area contributed by atoms with E-state index in [1.165, 1.54) is 12.6 Å². The van der Waals surface area contributed by atoms with Crippen LogP contribution in [0.1, 0.15) is 58.8 Å². The zero-order valence-electron chi connectivity index (χ0n) is 19.3. The molecule has 1 aromatic heterocycles. The van der Waals surface area contributed by atoms with Gasteiger partial charge in [0.05, 0.1) is 17.2 Å². The Bertz CT molecular complexity index is 1150. The summed E-state index contributed by atoms with van der Waals surface area (Å²) in [6, 6.07) is 6.89. The average Bonchev–Trinajstić information content (AvgIpc) is 2.83. The maximum Gasteiger partial charge on any atom is 0.251 e. The number of aliphatic hydroxyl groups excluding tert-OH is 1.